The molecule has 0 saturated carbocycles. The summed E-state index contributed by atoms with van der Waals surface area (Å²) in [6.45, 7) is 7.48. The minimum absolute atomic E-state index is 0.150. The quantitative estimate of drug-likeness (QED) is 0.843. The Labute approximate surface area is 98.0 Å². The summed E-state index contributed by atoms with van der Waals surface area (Å²) in [5.74, 6) is 1.06. The molecule has 2 heteroatoms. The molecule has 1 aliphatic heterocycles. The molecular formula is C14H21NO. The monoisotopic (exact) mass is 219 g/mol. The first kappa shape index (κ1) is 11.5. The predicted octanol–water partition coefficient (Wildman–Crippen LogP) is 3.03. The molecule has 0 saturated heterocycles. The van der Waals surface area contributed by atoms with Crippen LogP contribution in [0.2, 0.25) is 0 Å². The first-order valence-electron chi connectivity index (χ1n) is 6.03. The Kier molecular flexibility index (Phi) is 2.94. The van der Waals surface area contributed by atoms with Gasteiger partial charge in [0.05, 0.1) is 6.61 Å². The lowest BCUT2D eigenvalue weighted by Crippen LogP contribution is -2.19. The van der Waals surface area contributed by atoms with Gasteiger partial charge in [-0.3, -0.25) is 0 Å². The summed E-state index contributed by atoms with van der Waals surface area (Å²) in [7, 11) is 2.02. The summed E-state index contributed by atoms with van der Waals surface area (Å²) in [6.07, 6.45) is 1.11. The number of hydrogen-bond donors (Lipinski definition) is 1. The fourth-order valence-electron chi connectivity index (χ4n) is 2.36. The van der Waals surface area contributed by atoms with Crippen molar-refractivity contribution in [2.45, 2.75) is 38.6 Å². The summed E-state index contributed by atoms with van der Waals surface area (Å²) < 4.78 is 5.70. The van der Waals surface area contributed by atoms with Crippen LogP contribution in [0.4, 0.5) is 0 Å². The molecule has 1 heterocycles. The highest BCUT2D eigenvalue weighted by Gasteiger charge is 2.32. The van der Waals surface area contributed by atoms with Gasteiger partial charge in [-0.2, -0.15) is 0 Å². The Balaban J connectivity index is 2.39. The molecule has 0 bridgehead atoms. The standard InChI is InChI=1S/C14H21NO/c1-5-12(15-4)10-6-7-13-11(8-10)14(2,3)9-16-13/h6-8,12,15H,5,9H2,1-4H3. The zero-order valence-electron chi connectivity index (χ0n) is 10.6. The lowest BCUT2D eigenvalue weighted by Gasteiger charge is -2.19. The lowest BCUT2D eigenvalue weighted by atomic mass is 9.85. The lowest BCUT2D eigenvalue weighted by molar-refractivity contribution is 0.291. The Morgan fingerprint density at radius 1 is 1.44 bits per heavy atom. The van der Waals surface area contributed by atoms with Crippen LogP contribution in [0.1, 0.15) is 44.4 Å². The molecule has 1 atom stereocenters. The molecule has 0 aromatic heterocycles. The number of ether oxygens (including phenoxy) is 1. The van der Waals surface area contributed by atoms with Crippen LogP contribution in [0.25, 0.3) is 0 Å². The third-order valence-electron chi connectivity index (χ3n) is 3.48. The van der Waals surface area contributed by atoms with Crippen LogP contribution >= 0.6 is 0 Å². The second kappa shape index (κ2) is 4.10. The Morgan fingerprint density at radius 3 is 2.81 bits per heavy atom. The molecule has 0 amide bonds. The molecular weight excluding hydrogens is 198 g/mol. The first-order chi connectivity index (χ1) is 7.58. The van der Waals surface area contributed by atoms with Crippen molar-refractivity contribution in [3.63, 3.8) is 0 Å². The zero-order chi connectivity index (χ0) is 11.8. The summed E-state index contributed by atoms with van der Waals surface area (Å²) in [5.41, 5.74) is 2.86. The van der Waals surface area contributed by atoms with Crippen molar-refractivity contribution in [1.29, 1.82) is 0 Å². The molecule has 0 radical (unpaired) electrons. The number of nitrogens with one attached hydrogen (secondary N) is 1. The van der Waals surface area contributed by atoms with Gasteiger partial charge in [0.15, 0.2) is 0 Å². The smallest absolute Gasteiger partial charge is 0.123 e. The Hall–Kier alpha value is -1.02. The van der Waals surface area contributed by atoms with Crippen molar-refractivity contribution in [3.8, 4) is 5.75 Å². The van der Waals surface area contributed by atoms with Crippen molar-refractivity contribution in [1.82, 2.24) is 5.32 Å². The maximum absolute atomic E-state index is 5.70. The predicted molar refractivity (Wildman–Crippen MR) is 67.1 cm³/mol. The van der Waals surface area contributed by atoms with Gasteiger partial charge in [0.25, 0.3) is 0 Å². The van der Waals surface area contributed by atoms with Crippen LogP contribution in [0.3, 0.4) is 0 Å². The van der Waals surface area contributed by atoms with Gasteiger partial charge in [-0.25, -0.2) is 0 Å². The summed E-state index contributed by atoms with van der Waals surface area (Å²) >= 11 is 0. The zero-order valence-corrected chi connectivity index (χ0v) is 10.6. The molecule has 2 nitrogen and oxygen atoms in total. The largest absolute Gasteiger partial charge is 0.492 e. The van der Waals surface area contributed by atoms with Crippen LogP contribution in [0.15, 0.2) is 18.2 Å². The fourth-order valence-corrected chi connectivity index (χ4v) is 2.36. The van der Waals surface area contributed by atoms with Gasteiger partial charge in [-0.05, 0) is 31.2 Å². The van der Waals surface area contributed by atoms with E-state index in [1.807, 2.05) is 7.05 Å². The third kappa shape index (κ3) is 1.82. The van der Waals surface area contributed by atoms with E-state index in [0.717, 1.165) is 18.8 Å². The van der Waals surface area contributed by atoms with Crippen LogP contribution < -0.4 is 10.1 Å². The highest BCUT2D eigenvalue weighted by molar-refractivity contribution is 5.45. The average Bonchev–Trinajstić information content (AvgIpc) is 2.57. The molecule has 2 rings (SSSR count). The van der Waals surface area contributed by atoms with Gasteiger partial charge in [-0.1, -0.05) is 26.8 Å². The molecule has 1 N–H and O–H groups in total. The molecule has 1 aliphatic rings. The molecule has 0 aliphatic carbocycles. The van der Waals surface area contributed by atoms with Gasteiger partial charge in [0.1, 0.15) is 5.75 Å². The van der Waals surface area contributed by atoms with Gasteiger partial charge in [0.2, 0.25) is 0 Å². The van der Waals surface area contributed by atoms with E-state index in [9.17, 15) is 0 Å². The molecule has 16 heavy (non-hydrogen) atoms. The minimum atomic E-state index is 0.150. The Morgan fingerprint density at radius 2 is 2.19 bits per heavy atom. The number of hydrogen-bond acceptors (Lipinski definition) is 2. The van der Waals surface area contributed by atoms with Crippen LogP contribution in [-0.4, -0.2) is 13.7 Å². The summed E-state index contributed by atoms with van der Waals surface area (Å²) in [6, 6.07) is 7.03. The van der Waals surface area contributed by atoms with Crippen LogP contribution in [0, 0.1) is 0 Å². The maximum atomic E-state index is 5.70. The highest BCUT2D eigenvalue weighted by Crippen LogP contribution is 2.39. The first-order valence-corrected chi connectivity index (χ1v) is 6.03. The fraction of sp³-hybridized carbons (Fsp3) is 0.571. The van der Waals surface area contributed by atoms with Gasteiger partial charge >= 0.3 is 0 Å². The molecule has 88 valence electrons. The van der Waals surface area contributed by atoms with E-state index in [1.54, 1.807) is 0 Å². The van der Waals surface area contributed by atoms with E-state index >= 15 is 0 Å². The van der Waals surface area contributed by atoms with Crippen LogP contribution in [0.5, 0.6) is 5.75 Å². The van der Waals surface area contributed by atoms with Crippen molar-refractivity contribution < 1.29 is 4.74 Å². The van der Waals surface area contributed by atoms with E-state index in [0.29, 0.717) is 6.04 Å². The van der Waals surface area contributed by atoms with E-state index < -0.39 is 0 Å². The van der Waals surface area contributed by atoms with Crippen LogP contribution in [-0.2, 0) is 5.41 Å². The van der Waals surface area contributed by atoms with Gasteiger partial charge in [-0.15, -0.1) is 0 Å². The van der Waals surface area contributed by atoms with E-state index in [4.69, 9.17) is 4.74 Å². The maximum Gasteiger partial charge on any atom is 0.123 e. The second-order valence-corrected chi connectivity index (χ2v) is 5.18. The van der Waals surface area contributed by atoms with Crippen molar-refractivity contribution in [3.05, 3.63) is 29.3 Å². The topological polar surface area (TPSA) is 21.3 Å². The van der Waals surface area contributed by atoms with Gasteiger partial charge in [0, 0.05) is 17.0 Å². The van der Waals surface area contributed by atoms with Crippen molar-refractivity contribution in [2.75, 3.05) is 13.7 Å². The van der Waals surface area contributed by atoms with Gasteiger partial charge < -0.3 is 10.1 Å². The average molecular weight is 219 g/mol. The van der Waals surface area contributed by atoms with E-state index in [-0.39, 0.29) is 5.41 Å². The normalized spacial score (nSPS) is 19.0. The highest BCUT2D eigenvalue weighted by atomic mass is 16.5. The second-order valence-electron chi connectivity index (χ2n) is 5.18. The SMILES string of the molecule is CCC(NC)c1ccc2c(c1)C(C)(C)CO2. The molecule has 0 fully saturated rings. The summed E-state index contributed by atoms with van der Waals surface area (Å²) in [5, 5.41) is 3.35. The number of rotatable bonds is 3. The molecule has 0 spiro atoms. The molecule has 1 unspecified atom stereocenters. The third-order valence-corrected chi connectivity index (χ3v) is 3.48. The number of benzene rings is 1. The molecule has 1 aromatic carbocycles. The van der Waals surface area contributed by atoms with E-state index in [2.05, 4.69) is 44.3 Å². The number of fused-ring (bicyclic) bond motifs is 1. The Bertz CT molecular complexity index is 380. The summed E-state index contributed by atoms with van der Waals surface area (Å²) in [4.78, 5) is 0. The van der Waals surface area contributed by atoms with E-state index in [1.165, 1.54) is 11.1 Å². The van der Waals surface area contributed by atoms with Crippen molar-refractivity contribution in [2.24, 2.45) is 0 Å². The molecule has 1 aromatic rings. The van der Waals surface area contributed by atoms with Crippen molar-refractivity contribution >= 4 is 0 Å². The minimum Gasteiger partial charge on any atom is -0.492 e.